The SMILES string of the molecule is COc1ccc(NC(=O)c2cnn(C)c2N)cc1OC. The summed E-state index contributed by atoms with van der Waals surface area (Å²) in [6.07, 6.45) is 1.42. The standard InChI is InChI=1S/C13H16N4O3/c1-17-12(14)9(7-15-17)13(18)16-8-4-5-10(19-2)11(6-8)20-3/h4-7H,14H2,1-3H3,(H,16,18). The lowest BCUT2D eigenvalue weighted by molar-refractivity contribution is 0.102. The van der Waals surface area contributed by atoms with Crippen molar-refractivity contribution in [3.63, 3.8) is 0 Å². The summed E-state index contributed by atoms with van der Waals surface area (Å²) in [7, 11) is 4.75. The van der Waals surface area contributed by atoms with E-state index in [-0.39, 0.29) is 5.91 Å². The highest BCUT2D eigenvalue weighted by Gasteiger charge is 2.14. The maximum absolute atomic E-state index is 12.1. The Morgan fingerprint density at radius 1 is 1.30 bits per heavy atom. The summed E-state index contributed by atoms with van der Waals surface area (Å²) in [5.41, 5.74) is 6.65. The summed E-state index contributed by atoms with van der Waals surface area (Å²) < 4.78 is 11.7. The van der Waals surface area contributed by atoms with Gasteiger partial charge in [0.1, 0.15) is 11.4 Å². The summed E-state index contributed by atoms with van der Waals surface area (Å²) in [4.78, 5) is 12.1. The highest BCUT2D eigenvalue weighted by Crippen LogP contribution is 2.30. The number of benzene rings is 1. The van der Waals surface area contributed by atoms with Crippen LogP contribution in [-0.4, -0.2) is 29.9 Å². The Morgan fingerprint density at radius 3 is 2.55 bits per heavy atom. The van der Waals surface area contributed by atoms with Crippen LogP contribution in [0.3, 0.4) is 0 Å². The number of nitrogens with two attached hydrogens (primary N) is 1. The largest absolute Gasteiger partial charge is 0.493 e. The number of rotatable bonds is 4. The van der Waals surface area contributed by atoms with Crippen molar-refractivity contribution in [3.8, 4) is 11.5 Å². The van der Waals surface area contributed by atoms with E-state index in [0.29, 0.717) is 28.6 Å². The van der Waals surface area contributed by atoms with Gasteiger partial charge in [-0.15, -0.1) is 0 Å². The summed E-state index contributed by atoms with van der Waals surface area (Å²) in [6.45, 7) is 0. The molecule has 1 aromatic carbocycles. The molecule has 0 unspecified atom stereocenters. The van der Waals surface area contributed by atoms with E-state index in [2.05, 4.69) is 10.4 Å². The van der Waals surface area contributed by atoms with Gasteiger partial charge in [-0.2, -0.15) is 5.10 Å². The molecule has 0 aliphatic rings. The number of hydrogen-bond donors (Lipinski definition) is 2. The first-order chi connectivity index (χ1) is 9.56. The highest BCUT2D eigenvalue weighted by molar-refractivity contribution is 6.07. The van der Waals surface area contributed by atoms with Crippen LogP contribution in [0.1, 0.15) is 10.4 Å². The van der Waals surface area contributed by atoms with Crippen LogP contribution in [0, 0.1) is 0 Å². The Hall–Kier alpha value is -2.70. The predicted molar refractivity (Wildman–Crippen MR) is 75.1 cm³/mol. The molecule has 1 amide bonds. The molecule has 106 valence electrons. The van der Waals surface area contributed by atoms with Crippen LogP contribution in [0.15, 0.2) is 24.4 Å². The minimum atomic E-state index is -0.331. The number of carbonyl (C=O) groups is 1. The van der Waals surface area contributed by atoms with Gasteiger partial charge in [0, 0.05) is 18.8 Å². The van der Waals surface area contributed by atoms with Crippen LogP contribution in [0.25, 0.3) is 0 Å². The van der Waals surface area contributed by atoms with E-state index >= 15 is 0 Å². The molecule has 3 N–H and O–H groups in total. The van der Waals surface area contributed by atoms with Crippen molar-refractivity contribution < 1.29 is 14.3 Å². The van der Waals surface area contributed by atoms with Gasteiger partial charge in [-0.25, -0.2) is 0 Å². The lowest BCUT2D eigenvalue weighted by Crippen LogP contribution is -2.13. The van der Waals surface area contributed by atoms with E-state index in [1.54, 1.807) is 32.4 Å². The molecular weight excluding hydrogens is 260 g/mol. The van der Waals surface area contributed by atoms with Gasteiger partial charge in [0.15, 0.2) is 11.5 Å². The van der Waals surface area contributed by atoms with E-state index in [0.717, 1.165) is 0 Å². The average Bonchev–Trinajstić information content (AvgIpc) is 2.79. The van der Waals surface area contributed by atoms with E-state index in [1.807, 2.05) is 0 Å². The summed E-state index contributed by atoms with van der Waals surface area (Å²) in [6, 6.07) is 5.09. The van der Waals surface area contributed by atoms with Crippen molar-refractivity contribution in [3.05, 3.63) is 30.0 Å². The van der Waals surface area contributed by atoms with Crippen LogP contribution >= 0.6 is 0 Å². The first kappa shape index (κ1) is 13.7. The number of nitrogens with one attached hydrogen (secondary N) is 1. The monoisotopic (exact) mass is 276 g/mol. The number of nitrogen functional groups attached to an aromatic ring is 1. The van der Waals surface area contributed by atoms with Crippen LogP contribution in [-0.2, 0) is 7.05 Å². The third-order valence-corrected chi connectivity index (χ3v) is 2.87. The molecule has 0 saturated heterocycles. The number of nitrogens with zero attached hydrogens (tertiary/aromatic N) is 2. The zero-order valence-electron chi connectivity index (χ0n) is 11.5. The second-order valence-corrected chi connectivity index (χ2v) is 4.09. The third kappa shape index (κ3) is 2.51. The molecule has 2 aromatic rings. The van der Waals surface area contributed by atoms with Crippen LogP contribution in [0.4, 0.5) is 11.5 Å². The molecule has 20 heavy (non-hydrogen) atoms. The molecule has 0 atom stereocenters. The summed E-state index contributed by atoms with van der Waals surface area (Å²) >= 11 is 0. The highest BCUT2D eigenvalue weighted by atomic mass is 16.5. The van der Waals surface area contributed by atoms with Crippen molar-refractivity contribution in [2.75, 3.05) is 25.3 Å². The molecule has 1 heterocycles. The van der Waals surface area contributed by atoms with Crippen LogP contribution in [0.2, 0.25) is 0 Å². The van der Waals surface area contributed by atoms with Crippen molar-refractivity contribution in [1.82, 2.24) is 9.78 Å². The zero-order chi connectivity index (χ0) is 14.7. The van der Waals surface area contributed by atoms with Gasteiger partial charge in [0.05, 0.1) is 20.4 Å². The lowest BCUT2D eigenvalue weighted by Gasteiger charge is -2.10. The van der Waals surface area contributed by atoms with Crippen molar-refractivity contribution in [1.29, 1.82) is 0 Å². The normalized spacial score (nSPS) is 10.2. The molecule has 0 spiro atoms. The average molecular weight is 276 g/mol. The maximum atomic E-state index is 12.1. The van der Waals surface area contributed by atoms with E-state index in [1.165, 1.54) is 18.0 Å². The first-order valence-electron chi connectivity index (χ1n) is 5.87. The molecule has 0 aliphatic heterocycles. The first-order valence-corrected chi connectivity index (χ1v) is 5.87. The molecule has 0 radical (unpaired) electrons. The zero-order valence-corrected chi connectivity index (χ0v) is 11.5. The number of aryl methyl sites for hydroxylation is 1. The molecule has 0 fully saturated rings. The van der Waals surface area contributed by atoms with Crippen molar-refractivity contribution in [2.45, 2.75) is 0 Å². The Balaban J connectivity index is 2.22. The van der Waals surface area contributed by atoms with Gasteiger partial charge >= 0.3 is 0 Å². The molecule has 0 bridgehead atoms. The third-order valence-electron chi connectivity index (χ3n) is 2.87. The fourth-order valence-electron chi connectivity index (χ4n) is 1.73. The van der Waals surface area contributed by atoms with Crippen molar-refractivity contribution >= 4 is 17.4 Å². The number of amides is 1. The summed E-state index contributed by atoms with van der Waals surface area (Å²) in [5.74, 6) is 1.10. The molecule has 7 nitrogen and oxygen atoms in total. The fraction of sp³-hybridized carbons (Fsp3) is 0.231. The smallest absolute Gasteiger partial charge is 0.261 e. The number of aromatic nitrogens is 2. The number of ether oxygens (including phenoxy) is 2. The molecule has 0 saturated carbocycles. The Labute approximate surface area is 116 Å². The Morgan fingerprint density at radius 2 is 2.00 bits per heavy atom. The number of hydrogen-bond acceptors (Lipinski definition) is 5. The van der Waals surface area contributed by atoms with Gasteiger partial charge in [-0.1, -0.05) is 0 Å². The van der Waals surface area contributed by atoms with Crippen molar-refractivity contribution in [2.24, 2.45) is 7.05 Å². The summed E-state index contributed by atoms with van der Waals surface area (Å²) in [5, 5.41) is 6.66. The van der Waals surface area contributed by atoms with Gasteiger partial charge in [0.2, 0.25) is 0 Å². The Kier molecular flexibility index (Phi) is 3.79. The predicted octanol–water partition coefficient (Wildman–Crippen LogP) is 1.27. The van der Waals surface area contributed by atoms with Crippen LogP contribution < -0.4 is 20.5 Å². The number of methoxy groups -OCH3 is 2. The second kappa shape index (κ2) is 5.52. The van der Waals surface area contributed by atoms with E-state index < -0.39 is 0 Å². The molecule has 2 rings (SSSR count). The minimum Gasteiger partial charge on any atom is -0.493 e. The number of carbonyl (C=O) groups excluding carboxylic acids is 1. The fourth-order valence-corrected chi connectivity index (χ4v) is 1.73. The molecule has 7 heteroatoms. The number of anilines is 2. The van der Waals surface area contributed by atoms with Crippen LogP contribution in [0.5, 0.6) is 11.5 Å². The minimum absolute atomic E-state index is 0.308. The van der Waals surface area contributed by atoms with Gasteiger partial charge in [-0.3, -0.25) is 9.48 Å². The molecule has 0 aliphatic carbocycles. The van der Waals surface area contributed by atoms with E-state index in [9.17, 15) is 4.79 Å². The van der Waals surface area contributed by atoms with Gasteiger partial charge < -0.3 is 20.5 Å². The molecule has 1 aromatic heterocycles. The van der Waals surface area contributed by atoms with E-state index in [4.69, 9.17) is 15.2 Å². The second-order valence-electron chi connectivity index (χ2n) is 4.09. The van der Waals surface area contributed by atoms with Gasteiger partial charge in [-0.05, 0) is 12.1 Å². The molecular formula is C13H16N4O3. The quantitative estimate of drug-likeness (QED) is 0.877. The lowest BCUT2D eigenvalue weighted by atomic mass is 10.2. The topological polar surface area (TPSA) is 91.4 Å². The Bertz CT molecular complexity index is 637. The maximum Gasteiger partial charge on any atom is 0.261 e. The van der Waals surface area contributed by atoms with Gasteiger partial charge in [0.25, 0.3) is 5.91 Å².